The van der Waals surface area contributed by atoms with E-state index in [1.54, 1.807) is 4.57 Å². The van der Waals surface area contributed by atoms with Gasteiger partial charge in [-0.1, -0.05) is 0 Å². The average molecular weight is 210 g/mol. The monoisotopic (exact) mass is 210 g/mol. The van der Waals surface area contributed by atoms with E-state index in [1.165, 1.54) is 11.3 Å². The van der Waals surface area contributed by atoms with Crippen molar-refractivity contribution in [3.8, 4) is 5.75 Å². The second-order valence-corrected chi connectivity index (χ2v) is 4.10. The predicted molar refractivity (Wildman–Crippen MR) is 55.8 cm³/mol. The molecule has 0 aromatic carbocycles. The lowest BCUT2D eigenvalue weighted by Gasteiger charge is -1.96. The zero-order chi connectivity index (χ0) is 10.3. The Morgan fingerprint density at radius 3 is 3.00 bits per heavy atom. The number of nitrogens with two attached hydrogens (primary N) is 1. The van der Waals surface area contributed by atoms with Gasteiger partial charge in [-0.05, 0) is 6.07 Å². The van der Waals surface area contributed by atoms with Gasteiger partial charge < -0.3 is 15.4 Å². The van der Waals surface area contributed by atoms with Crippen LogP contribution in [0, 0.1) is 0 Å². The van der Waals surface area contributed by atoms with Gasteiger partial charge in [-0.2, -0.15) is 0 Å². The Kier molecular flexibility index (Phi) is 2.05. The Balaban J connectivity index is 2.69. The zero-order valence-electron chi connectivity index (χ0n) is 7.65. The summed E-state index contributed by atoms with van der Waals surface area (Å²) >= 11 is 1.28. The Hall–Kier alpha value is -1.33. The molecule has 2 aromatic heterocycles. The van der Waals surface area contributed by atoms with E-state index in [2.05, 4.69) is 0 Å². The Morgan fingerprint density at radius 1 is 1.71 bits per heavy atom. The third-order valence-corrected chi connectivity index (χ3v) is 3.30. The first-order chi connectivity index (χ1) is 6.65. The summed E-state index contributed by atoms with van der Waals surface area (Å²) in [6, 6.07) is 1.87. The fourth-order valence-corrected chi connectivity index (χ4v) is 2.50. The summed E-state index contributed by atoms with van der Waals surface area (Å²) in [5, 5.41) is 9.77. The molecule has 0 atom stereocenters. The van der Waals surface area contributed by atoms with Gasteiger partial charge >= 0.3 is 0 Å². The van der Waals surface area contributed by atoms with Gasteiger partial charge in [0, 0.05) is 13.2 Å². The van der Waals surface area contributed by atoms with Crippen molar-refractivity contribution in [1.29, 1.82) is 0 Å². The number of hydrogen-bond donors (Lipinski definition) is 2. The number of fused-ring (bicyclic) bond motifs is 1. The summed E-state index contributed by atoms with van der Waals surface area (Å²) in [5.41, 5.74) is 5.94. The molecule has 0 bridgehead atoms. The molecule has 0 fully saturated rings. The first kappa shape index (κ1) is 9.23. The number of aromatic hydroxyl groups is 1. The Morgan fingerprint density at radius 2 is 2.43 bits per heavy atom. The molecule has 0 radical (unpaired) electrons. The van der Waals surface area contributed by atoms with E-state index < -0.39 is 0 Å². The van der Waals surface area contributed by atoms with Gasteiger partial charge in [-0.15, -0.1) is 11.3 Å². The van der Waals surface area contributed by atoms with Gasteiger partial charge in [0.1, 0.15) is 10.4 Å². The highest BCUT2D eigenvalue weighted by Gasteiger charge is 2.18. The van der Waals surface area contributed by atoms with Crippen LogP contribution >= 0.6 is 11.3 Å². The second-order valence-electron chi connectivity index (χ2n) is 3.05. The first-order valence-corrected chi connectivity index (χ1v) is 4.97. The minimum atomic E-state index is -0.219. The summed E-state index contributed by atoms with van der Waals surface area (Å²) < 4.78 is 2.69. The van der Waals surface area contributed by atoms with Gasteiger partial charge in [0.25, 0.3) is 0 Å². The van der Waals surface area contributed by atoms with Gasteiger partial charge in [-0.3, -0.25) is 4.79 Å². The van der Waals surface area contributed by atoms with Crippen molar-refractivity contribution in [2.24, 2.45) is 12.8 Å². The first-order valence-electron chi connectivity index (χ1n) is 4.15. The van der Waals surface area contributed by atoms with Crippen LogP contribution < -0.4 is 5.73 Å². The SMILES string of the molecule is Cn1ccc2sc(C(=O)CN)c(O)c21. The highest BCUT2D eigenvalue weighted by atomic mass is 32.1. The van der Waals surface area contributed by atoms with Crippen LogP contribution in [-0.4, -0.2) is 22.0 Å². The van der Waals surface area contributed by atoms with Crippen LogP contribution in [0.25, 0.3) is 10.2 Å². The van der Waals surface area contributed by atoms with Crippen molar-refractivity contribution < 1.29 is 9.90 Å². The largest absolute Gasteiger partial charge is 0.504 e. The lowest BCUT2D eigenvalue weighted by atomic mass is 10.3. The zero-order valence-corrected chi connectivity index (χ0v) is 8.47. The summed E-state index contributed by atoms with van der Waals surface area (Å²) in [4.78, 5) is 11.7. The molecule has 0 saturated carbocycles. The summed E-state index contributed by atoms with van der Waals surface area (Å²) in [6.07, 6.45) is 1.84. The van der Waals surface area contributed by atoms with Crippen LogP contribution in [0.1, 0.15) is 9.67 Å². The molecular weight excluding hydrogens is 200 g/mol. The number of carbonyl (C=O) groups is 1. The van der Waals surface area contributed by atoms with Gasteiger partial charge in [-0.25, -0.2) is 0 Å². The molecule has 0 amide bonds. The molecule has 14 heavy (non-hydrogen) atoms. The highest BCUT2D eigenvalue weighted by molar-refractivity contribution is 7.21. The fraction of sp³-hybridized carbons (Fsp3) is 0.222. The van der Waals surface area contributed by atoms with Gasteiger partial charge in [0.15, 0.2) is 11.5 Å². The third kappa shape index (κ3) is 1.13. The molecule has 2 heterocycles. The van der Waals surface area contributed by atoms with Crippen LogP contribution in [0.2, 0.25) is 0 Å². The van der Waals surface area contributed by atoms with Crippen molar-refractivity contribution in [2.75, 3.05) is 6.54 Å². The van der Waals surface area contributed by atoms with E-state index in [4.69, 9.17) is 5.73 Å². The predicted octanol–water partition coefficient (Wildman–Crippen LogP) is 1.09. The normalized spacial score (nSPS) is 11.0. The lowest BCUT2D eigenvalue weighted by molar-refractivity contribution is 0.100. The number of aryl methyl sites for hydroxylation is 1. The van der Waals surface area contributed by atoms with Crippen molar-refractivity contribution in [2.45, 2.75) is 0 Å². The molecule has 74 valence electrons. The number of thiophene rings is 1. The number of aromatic nitrogens is 1. The van der Waals surface area contributed by atoms with E-state index in [9.17, 15) is 9.90 Å². The lowest BCUT2D eigenvalue weighted by Crippen LogP contribution is -2.12. The topological polar surface area (TPSA) is 68.2 Å². The molecule has 5 heteroatoms. The quantitative estimate of drug-likeness (QED) is 0.729. The molecular formula is C9H10N2O2S. The second kappa shape index (κ2) is 3.11. The number of hydrogen-bond acceptors (Lipinski definition) is 4. The van der Waals surface area contributed by atoms with Crippen molar-refractivity contribution >= 4 is 27.3 Å². The number of ketones is 1. The molecule has 0 aliphatic heterocycles. The van der Waals surface area contributed by atoms with Crippen LogP contribution in [-0.2, 0) is 7.05 Å². The van der Waals surface area contributed by atoms with Gasteiger partial charge in [0.05, 0.1) is 11.2 Å². The van der Waals surface area contributed by atoms with E-state index in [0.717, 1.165) is 4.70 Å². The summed E-state index contributed by atoms with van der Waals surface area (Å²) in [5.74, 6) is -0.170. The van der Waals surface area contributed by atoms with Crippen molar-refractivity contribution in [3.63, 3.8) is 0 Å². The molecule has 0 aliphatic rings. The molecule has 4 nitrogen and oxygen atoms in total. The van der Waals surface area contributed by atoms with Crippen LogP contribution in [0.5, 0.6) is 5.75 Å². The summed E-state index contributed by atoms with van der Waals surface area (Å²) in [7, 11) is 1.82. The third-order valence-electron chi connectivity index (χ3n) is 2.13. The summed E-state index contributed by atoms with van der Waals surface area (Å²) in [6.45, 7) is -0.0691. The smallest absolute Gasteiger partial charge is 0.190 e. The standard InChI is InChI=1S/C9H10N2O2S/c1-11-3-2-6-7(11)8(13)9(14-6)5(12)4-10/h2-3,13H,4,10H2,1H3. The Labute approximate surface area is 84.6 Å². The molecule has 2 rings (SSSR count). The van der Waals surface area contributed by atoms with E-state index in [0.29, 0.717) is 10.4 Å². The highest BCUT2D eigenvalue weighted by Crippen LogP contribution is 2.37. The van der Waals surface area contributed by atoms with Crippen LogP contribution in [0.15, 0.2) is 12.3 Å². The van der Waals surface area contributed by atoms with E-state index >= 15 is 0 Å². The van der Waals surface area contributed by atoms with Crippen molar-refractivity contribution in [3.05, 3.63) is 17.1 Å². The minimum Gasteiger partial charge on any atom is -0.504 e. The van der Waals surface area contributed by atoms with Crippen LogP contribution in [0.3, 0.4) is 0 Å². The van der Waals surface area contributed by atoms with Crippen molar-refractivity contribution in [1.82, 2.24) is 4.57 Å². The number of Topliss-reactive ketones (excluding diaryl/α,β-unsaturated/α-hetero) is 1. The van der Waals surface area contributed by atoms with Crippen LogP contribution in [0.4, 0.5) is 0 Å². The maximum atomic E-state index is 11.3. The average Bonchev–Trinajstić information content (AvgIpc) is 2.68. The molecule has 0 aliphatic carbocycles. The van der Waals surface area contributed by atoms with Gasteiger partial charge in [0.2, 0.25) is 0 Å². The van der Waals surface area contributed by atoms with E-state index in [-0.39, 0.29) is 18.1 Å². The maximum absolute atomic E-state index is 11.3. The molecule has 0 spiro atoms. The fourth-order valence-electron chi connectivity index (χ4n) is 1.42. The molecule has 0 unspecified atom stereocenters. The molecule has 3 N–H and O–H groups in total. The number of nitrogens with zero attached hydrogens (tertiary/aromatic N) is 1. The molecule has 2 aromatic rings. The maximum Gasteiger partial charge on any atom is 0.190 e. The van der Waals surface area contributed by atoms with E-state index in [1.807, 2.05) is 19.3 Å². The molecule has 0 saturated heterocycles. The number of rotatable bonds is 2. The number of carbonyl (C=O) groups excluding carboxylic acids is 1. The minimum absolute atomic E-state index is 0.0490. The Bertz CT molecular complexity index is 498.